The van der Waals surface area contributed by atoms with Gasteiger partial charge in [0.05, 0.1) is 0 Å². The van der Waals surface area contributed by atoms with E-state index < -0.39 is 0 Å². The van der Waals surface area contributed by atoms with Crippen molar-refractivity contribution >= 4 is 24.6 Å². The number of benzene rings is 1. The van der Waals surface area contributed by atoms with E-state index >= 15 is 0 Å². The van der Waals surface area contributed by atoms with E-state index in [0.29, 0.717) is 5.75 Å². The van der Waals surface area contributed by atoms with Crippen LogP contribution in [0.4, 0.5) is 4.79 Å². The van der Waals surface area contributed by atoms with E-state index in [1.807, 2.05) is 18.2 Å². The molecule has 3 amide bonds. The minimum Gasteiger partial charge on any atom is -0.309 e. The molecule has 1 saturated carbocycles. The van der Waals surface area contributed by atoms with E-state index in [9.17, 15) is 9.59 Å². The average molecular weight is 318 g/mol. The lowest BCUT2D eigenvalue weighted by atomic mass is 9.92. The molecule has 2 aliphatic rings. The first-order chi connectivity index (χ1) is 10.7. The van der Waals surface area contributed by atoms with Gasteiger partial charge < -0.3 is 4.90 Å². The van der Waals surface area contributed by atoms with Crippen LogP contribution in [0, 0.1) is 5.92 Å². The van der Waals surface area contributed by atoms with Crippen molar-refractivity contribution in [1.29, 1.82) is 0 Å². The predicted octanol–water partition coefficient (Wildman–Crippen LogP) is 2.64. The number of thiol groups is 1. The summed E-state index contributed by atoms with van der Waals surface area (Å²) in [5.41, 5.74) is 1.18. The highest BCUT2D eigenvalue weighted by Crippen LogP contribution is 2.31. The van der Waals surface area contributed by atoms with Crippen molar-refractivity contribution in [2.75, 3.05) is 5.75 Å². The van der Waals surface area contributed by atoms with Crippen molar-refractivity contribution in [2.45, 2.75) is 44.2 Å². The Bertz CT molecular complexity index is 543. The van der Waals surface area contributed by atoms with E-state index in [1.165, 1.54) is 5.56 Å². The molecule has 1 aromatic carbocycles. The molecule has 0 bridgehead atoms. The maximum atomic E-state index is 12.3. The number of carbonyl (C=O) groups is 2. The fourth-order valence-corrected chi connectivity index (χ4v) is 4.03. The first-order valence-electron chi connectivity index (χ1n) is 7.98. The lowest BCUT2D eigenvalue weighted by Gasteiger charge is -2.32. The minimum absolute atomic E-state index is 0.0396. The molecular formula is C17H22N2O2S. The summed E-state index contributed by atoms with van der Waals surface area (Å²) in [5.74, 6) is 0.466. The van der Waals surface area contributed by atoms with Gasteiger partial charge in [0, 0.05) is 12.0 Å². The molecule has 1 N–H and O–H groups in total. The highest BCUT2D eigenvalue weighted by Gasteiger charge is 2.46. The highest BCUT2D eigenvalue weighted by atomic mass is 32.1. The second-order valence-electron chi connectivity index (χ2n) is 6.22. The van der Waals surface area contributed by atoms with Gasteiger partial charge in [0.2, 0.25) is 0 Å². The molecule has 3 rings (SSSR count). The Kier molecular flexibility index (Phi) is 4.71. The van der Waals surface area contributed by atoms with E-state index in [-0.39, 0.29) is 29.9 Å². The lowest BCUT2D eigenvalue weighted by molar-refractivity contribution is -0.123. The van der Waals surface area contributed by atoms with Crippen LogP contribution in [0.25, 0.3) is 0 Å². The van der Waals surface area contributed by atoms with Gasteiger partial charge in [-0.1, -0.05) is 43.2 Å². The second-order valence-corrected chi connectivity index (χ2v) is 6.58. The van der Waals surface area contributed by atoms with Gasteiger partial charge >= 0.3 is 6.03 Å². The third-order valence-corrected chi connectivity index (χ3v) is 5.24. The molecule has 1 heterocycles. The summed E-state index contributed by atoms with van der Waals surface area (Å²) in [5, 5.41) is 2.51. The SMILES string of the molecule is O=C1NC(=O)N(C2CCCC2)C1C(CS)Cc1ccccc1. The number of rotatable bonds is 5. The molecular weight excluding hydrogens is 296 g/mol. The number of imide groups is 1. The third kappa shape index (κ3) is 3.00. The van der Waals surface area contributed by atoms with Crippen LogP contribution >= 0.6 is 12.6 Å². The van der Waals surface area contributed by atoms with Gasteiger partial charge in [-0.05, 0) is 30.6 Å². The van der Waals surface area contributed by atoms with Gasteiger partial charge in [-0.25, -0.2) is 4.79 Å². The van der Waals surface area contributed by atoms with Crippen LogP contribution in [0.3, 0.4) is 0 Å². The summed E-state index contributed by atoms with van der Waals surface area (Å²) in [6.45, 7) is 0. The molecule has 118 valence electrons. The molecule has 0 aromatic heterocycles. The molecule has 0 spiro atoms. The highest BCUT2D eigenvalue weighted by molar-refractivity contribution is 7.80. The van der Waals surface area contributed by atoms with E-state index in [2.05, 4.69) is 30.1 Å². The molecule has 1 saturated heterocycles. The fraction of sp³-hybridized carbons (Fsp3) is 0.529. The largest absolute Gasteiger partial charge is 0.325 e. The van der Waals surface area contributed by atoms with Crippen molar-refractivity contribution in [3.63, 3.8) is 0 Å². The molecule has 1 aliphatic carbocycles. The lowest BCUT2D eigenvalue weighted by Crippen LogP contribution is -2.47. The van der Waals surface area contributed by atoms with E-state index in [1.54, 1.807) is 4.90 Å². The number of urea groups is 1. The summed E-state index contributed by atoms with van der Waals surface area (Å²) < 4.78 is 0. The number of amides is 3. The van der Waals surface area contributed by atoms with Crippen LogP contribution in [0.5, 0.6) is 0 Å². The van der Waals surface area contributed by atoms with Gasteiger partial charge in [-0.2, -0.15) is 12.6 Å². The second kappa shape index (κ2) is 6.73. The van der Waals surface area contributed by atoms with Crippen molar-refractivity contribution in [3.8, 4) is 0 Å². The van der Waals surface area contributed by atoms with E-state index in [4.69, 9.17) is 0 Å². The molecule has 22 heavy (non-hydrogen) atoms. The zero-order valence-electron chi connectivity index (χ0n) is 12.6. The fourth-order valence-electron chi connectivity index (χ4n) is 3.71. The van der Waals surface area contributed by atoms with E-state index in [0.717, 1.165) is 32.1 Å². The van der Waals surface area contributed by atoms with Crippen molar-refractivity contribution < 1.29 is 9.59 Å². The van der Waals surface area contributed by atoms with Gasteiger partial charge in [-0.15, -0.1) is 0 Å². The minimum atomic E-state index is -0.381. The quantitative estimate of drug-likeness (QED) is 0.648. The molecule has 1 aromatic rings. The van der Waals surface area contributed by atoms with Crippen LogP contribution in [0.2, 0.25) is 0 Å². The zero-order valence-corrected chi connectivity index (χ0v) is 13.5. The number of nitrogens with zero attached hydrogens (tertiary/aromatic N) is 1. The Morgan fingerprint density at radius 1 is 1.18 bits per heavy atom. The van der Waals surface area contributed by atoms with Crippen LogP contribution < -0.4 is 5.32 Å². The number of nitrogens with one attached hydrogen (secondary N) is 1. The van der Waals surface area contributed by atoms with Crippen molar-refractivity contribution in [3.05, 3.63) is 35.9 Å². The Morgan fingerprint density at radius 3 is 2.50 bits per heavy atom. The number of hydrogen-bond donors (Lipinski definition) is 2. The topological polar surface area (TPSA) is 49.4 Å². The van der Waals surface area contributed by atoms with Crippen molar-refractivity contribution in [2.24, 2.45) is 5.92 Å². The maximum Gasteiger partial charge on any atom is 0.325 e. The van der Waals surface area contributed by atoms with Crippen molar-refractivity contribution in [1.82, 2.24) is 10.2 Å². The summed E-state index contributed by atoms with van der Waals surface area (Å²) >= 11 is 4.46. The summed E-state index contributed by atoms with van der Waals surface area (Å²) in [6.07, 6.45) is 5.04. The van der Waals surface area contributed by atoms with Gasteiger partial charge in [0.25, 0.3) is 5.91 Å². The maximum absolute atomic E-state index is 12.3. The van der Waals surface area contributed by atoms with Gasteiger partial charge in [-0.3, -0.25) is 10.1 Å². The van der Waals surface area contributed by atoms with Crippen LogP contribution in [0.15, 0.2) is 30.3 Å². The standard InChI is InChI=1S/C17H22N2O2S/c20-16-15(13(11-22)10-12-6-2-1-3-7-12)19(17(21)18-16)14-8-4-5-9-14/h1-3,6-7,13-15,22H,4-5,8-11H2,(H,18,20,21). The summed E-state index contributed by atoms with van der Waals surface area (Å²) in [6, 6.07) is 9.70. The first kappa shape index (κ1) is 15.4. The normalized spacial score (nSPS) is 23.9. The molecule has 2 atom stereocenters. The molecule has 4 nitrogen and oxygen atoms in total. The van der Waals surface area contributed by atoms with Crippen LogP contribution in [0.1, 0.15) is 31.2 Å². The Hall–Kier alpha value is -1.49. The zero-order chi connectivity index (χ0) is 15.5. The molecule has 0 radical (unpaired) electrons. The van der Waals surface area contributed by atoms with Crippen LogP contribution in [-0.4, -0.2) is 34.7 Å². The molecule has 2 fully saturated rings. The molecule has 5 heteroatoms. The summed E-state index contributed by atoms with van der Waals surface area (Å²) in [7, 11) is 0. The average Bonchev–Trinajstić information content (AvgIpc) is 3.13. The number of carbonyl (C=O) groups excluding carboxylic acids is 2. The Morgan fingerprint density at radius 2 is 1.86 bits per heavy atom. The Labute approximate surface area is 136 Å². The van der Waals surface area contributed by atoms with Gasteiger partial charge in [0.1, 0.15) is 6.04 Å². The van der Waals surface area contributed by atoms with Gasteiger partial charge in [0.15, 0.2) is 0 Å². The smallest absolute Gasteiger partial charge is 0.309 e. The first-order valence-corrected chi connectivity index (χ1v) is 8.62. The Balaban J connectivity index is 1.81. The monoisotopic (exact) mass is 318 g/mol. The van der Waals surface area contributed by atoms with Crippen LogP contribution in [-0.2, 0) is 11.2 Å². The predicted molar refractivity (Wildman–Crippen MR) is 88.9 cm³/mol. The summed E-state index contributed by atoms with van der Waals surface area (Å²) in [4.78, 5) is 26.4. The molecule has 1 aliphatic heterocycles. The third-order valence-electron chi connectivity index (χ3n) is 4.77. The molecule has 2 unspecified atom stereocenters. The number of hydrogen-bond acceptors (Lipinski definition) is 3.